The molecule has 0 saturated heterocycles. The van der Waals surface area contributed by atoms with Crippen LogP contribution in [0.25, 0.3) is 0 Å². The number of carbonyl (C=O) groups excluding carboxylic acids is 1. The van der Waals surface area contributed by atoms with E-state index in [0.29, 0.717) is 10.7 Å². The predicted octanol–water partition coefficient (Wildman–Crippen LogP) is 2.41. The van der Waals surface area contributed by atoms with Crippen LogP contribution in [0.15, 0.2) is 33.0 Å². The Hall–Kier alpha value is -2.55. The number of rotatable bonds is 6. The minimum atomic E-state index is -0.111. The Balaban J connectivity index is 1.70. The smallest absolute Gasteiger partial charge is 0.230 e. The van der Waals surface area contributed by atoms with Crippen molar-refractivity contribution in [3.05, 3.63) is 40.6 Å². The van der Waals surface area contributed by atoms with Crippen LogP contribution in [0.1, 0.15) is 48.7 Å². The highest BCUT2D eigenvalue weighted by Crippen LogP contribution is 2.32. The van der Waals surface area contributed by atoms with Gasteiger partial charge in [-0.15, -0.1) is 0 Å². The van der Waals surface area contributed by atoms with Crippen molar-refractivity contribution in [2.24, 2.45) is 5.16 Å². The number of amides is 1. The molecule has 1 aromatic heterocycles. The summed E-state index contributed by atoms with van der Waals surface area (Å²) >= 11 is 1.18. The number of amidine groups is 1. The van der Waals surface area contributed by atoms with Gasteiger partial charge in [0.15, 0.2) is 16.6 Å². The Bertz CT molecular complexity index is 849. The molecule has 0 aliphatic heterocycles. The Morgan fingerprint density at radius 2 is 2.26 bits per heavy atom. The Morgan fingerprint density at radius 3 is 3.00 bits per heavy atom. The predicted molar refractivity (Wildman–Crippen MR) is 102 cm³/mol. The molecule has 2 aromatic rings. The van der Waals surface area contributed by atoms with E-state index in [-0.39, 0.29) is 29.6 Å². The van der Waals surface area contributed by atoms with E-state index in [9.17, 15) is 10.0 Å². The minimum Gasteiger partial charge on any atom is -0.409 e. The van der Waals surface area contributed by atoms with Crippen LogP contribution in [0.5, 0.6) is 0 Å². The Labute approximate surface area is 161 Å². The molecule has 8 nitrogen and oxygen atoms in total. The van der Waals surface area contributed by atoms with Crippen molar-refractivity contribution < 1.29 is 14.6 Å². The number of aromatic nitrogens is 2. The molecule has 1 atom stereocenters. The van der Waals surface area contributed by atoms with Crippen molar-refractivity contribution in [2.45, 2.75) is 50.7 Å². The molecule has 1 heterocycles. The van der Waals surface area contributed by atoms with Crippen LogP contribution in [0.4, 0.5) is 0 Å². The summed E-state index contributed by atoms with van der Waals surface area (Å²) in [7, 11) is 0. The molecule has 3 N–H and O–H groups in total. The number of benzene rings is 1. The summed E-state index contributed by atoms with van der Waals surface area (Å²) < 4.78 is 4.81. The summed E-state index contributed by atoms with van der Waals surface area (Å²) in [5.41, 5.74) is 3.95. The van der Waals surface area contributed by atoms with Crippen LogP contribution >= 0.6 is 11.8 Å². The maximum absolute atomic E-state index is 11.8. The second-order valence-electron chi connectivity index (χ2n) is 6.82. The summed E-state index contributed by atoms with van der Waals surface area (Å²) in [5, 5.41) is 27.0. The monoisotopic (exact) mass is 389 g/mol. The van der Waals surface area contributed by atoms with Crippen LogP contribution in [0.2, 0.25) is 0 Å². The number of carbonyl (C=O) groups is 1. The van der Waals surface area contributed by atoms with Crippen LogP contribution in [0, 0.1) is 6.92 Å². The lowest BCUT2D eigenvalue weighted by molar-refractivity contribution is -0.119. The molecule has 1 aliphatic carbocycles. The van der Waals surface area contributed by atoms with Gasteiger partial charge in [-0.2, -0.15) is 0 Å². The first kappa shape index (κ1) is 19.2. The van der Waals surface area contributed by atoms with E-state index in [1.165, 1.54) is 28.5 Å². The van der Waals surface area contributed by atoms with Crippen LogP contribution in [-0.2, 0) is 11.2 Å². The third-order valence-corrected chi connectivity index (χ3v) is 5.21. The molecule has 0 radical (unpaired) electrons. The van der Waals surface area contributed by atoms with E-state index in [1.807, 2.05) is 13.8 Å². The van der Waals surface area contributed by atoms with Gasteiger partial charge in [0, 0.05) is 6.04 Å². The van der Waals surface area contributed by atoms with Gasteiger partial charge in [-0.05, 0) is 55.1 Å². The second kappa shape index (κ2) is 8.43. The maximum Gasteiger partial charge on any atom is 0.230 e. The Kier molecular flexibility index (Phi) is 6.00. The van der Waals surface area contributed by atoms with Gasteiger partial charge in [0.1, 0.15) is 0 Å². The minimum absolute atomic E-state index is 0.0181. The highest BCUT2D eigenvalue weighted by molar-refractivity contribution is 8.00. The summed E-state index contributed by atoms with van der Waals surface area (Å²) in [6, 6.07) is 6.46. The molecular formula is C18H23N5O3S. The lowest BCUT2D eigenvalue weighted by atomic mass is 10.0. The van der Waals surface area contributed by atoms with Gasteiger partial charge in [-0.3, -0.25) is 4.79 Å². The molecule has 9 heteroatoms. The zero-order valence-electron chi connectivity index (χ0n) is 15.5. The average Bonchev–Trinajstić information content (AvgIpc) is 3.24. The number of fused-ring (bicyclic) bond motifs is 1. The highest BCUT2D eigenvalue weighted by atomic mass is 32.2. The molecule has 1 unspecified atom stereocenters. The van der Waals surface area contributed by atoms with Crippen molar-refractivity contribution in [2.75, 3.05) is 5.75 Å². The summed E-state index contributed by atoms with van der Waals surface area (Å²) in [6.07, 6.45) is 1.85. The fraction of sp³-hybridized carbons (Fsp3) is 0.444. The number of nitrogens with one attached hydrogen (secondary N) is 2. The van der Waals surface area contributed by atoms with E-state index < -0.39 is 0 Å². The molecule has 3 rings (SSSR count). The quantitative estimate of drug-likeness (QED) is 0.229. The molecule has 0 bridgehead atoms. The normalized spacial score (nSPS) is 16.4. The molecule has 0 spiro atoms. The fourth-order valence-electron chi connectivity index (χ4n) is 3.10. The zero-order valence-corrected chi connectivity index (χ0v) is 16.3. The van der Waals surface area contributed by atoms with Crippen LogP contribution < -0.4 is 10.6 Å². The fourth-order valence-corrected chi connectivity index (χ4v) is 3.81. The lowest BCUT2D eigenvalue weighted by Crippen LogP contribution is -2.31. The number of hydrogen-bond acceptors (Lipinski definition) is 7. The molecule has 0 fully saturated rings. The molecule has 144 valence electrons. The average molecular weight is 389 g/mol. The van der Waals surface area contributed by atoms with Gasteiger partial charge < -0.3 is 15.8 Å². The number of thioether (sulfide) groups is 1. The molecule has 1 amide bonds. The second-order valence-corrected chi connectivity index (χ2v) is 7.78. The van der Waals surface area contributed by atoms with E-state index in [4.69, 9.17) is 4.63 Å². The number of hydrogen-bond donors (Lipinski definition) is 3. The van der Waals surface area contributed by atoms with Gasteiger partial charge >= 0.3 is 0 Å². The third-order valence-electron chi connectivity index (χ3n) is 4.26. The zero-order chi connectivity index (χ0) is 19.4. The first-order valence-electron chi connectivity index (χ1n) is 8.81. The molecule has 1 aliphatic rings. The highest BCUT2D eigenvalue weighted by Gasteiger charge is 2.27. The van der Waals surface area contributed by atoms with Crippen molar-refractivity contribution >= 4 is 23.5 Å². The third kappa shape index (κ3) is 4.60. The van der Waals surface area contributed by atoms with Gasteiger partial charge in [0.2, 0.25) is 5.91 Å². The van der Waals surface area contributed by atoms with E-state index >= 15 is 0 Å². The molecular weight excluding hydrogens is 366 g/mol. The standard InChI is InChI=1S/C18H23N5O3S/c1-10(2)19-15(24)9-27-18-16(22-26-23-18)17(21-25)20-14-7-6-12-5-4-11(3)8-13(12)14/h4-5,8,10,14,25H,6-7,9H2,1-3H3,(H,19,24)(H,20,21). The van der Waals surface area contributed by atoms with E-state index in [2.05, 4.69) is 51.2 Å². The topological polar surface area (TPSA) is 113 Å². The number of aryl methyl sites for hydroxylation is 2. The molecule has 27 heavy (non-hydrogen) atoms. The SMILES string of the molecule is Cc1ccc2c(c1)C(N/C(=N\O)c1nonc1SCC(=O)NC(C)C)CC2. The van der Waals surface area contributed by atoms with Crippen molar-refractivity contribution in [1.29, 1.82) is 0 Å². The van der Waals surface area contributed by atoms with Gasteiger partial charge in [0.05, 0.1) is 11.8 Å². The maximum atomic E-state index is 11.8. The van der Waals surface area contributed by atoms with Gasteiger partial charge in [-0.1, -0.05) is 40.7 Å². The lowest BCUT2D eigenvalue weighted by Gasteiger charge is -2.15. The van der Waals surface area contributed by atoms with Gasteiger partial charge in [0.25, 0.3) is 0 Å². The van der Waals surface area contributed by atoms with Crippen molar-refractivity contribution in [3.63, 3.8) is 0 Å². The van der Waals surface area contributed by atoms with Crippen LogP contribution in [-0.4, -0.2) is 39.1 Å². The van der Waals surface area contributed by atoms with Crippen molar-refractivity contribution in [1.82, 2.24) is 20.9 Å². The molecule has 0 saturated carbocycles. The summed E-state index contributed by atoms with van der Waals surface area (Å²) in [4.78, 5) is 11.8. The summed E-state index contributed by atoms with van der Waals surface area (Å²) in [6.45, 7) is 5.84. The Morgan fingerprint density at radius 1 is 1.44 bits per heavy atom. The van der Waals surface area contributed by atoms with Gasteiger partial charge in [-0.25, -0.2) is 4.63 Å². The first-order valence-corrected chi connectivity index (χ1v) is 9.79. The summed E-state index contributed by atoms with van der Waals surface area (Å²) in [5.74, 6) is 0.241. The largest absolute Gasteiger partial charge is 0.409 e. The van der Waals surface area contributed by atoms with Crippen molar-refractivity contribution in [3.8, 4) is 0 Å². The van der Waals surface area contributed by atoms with E-state index in [0.717, 1.165) is 12.8 Å². The van der Waals surface area contributed by atoms with E-state index in [1.54, 1.807) is 0 Å². The molecule has 1 aromatic carbocycles. The first-order chi connectivity index (χ1) is 13.0. The number of nitrogens with zero attached hydrogens (tertiary/aromatic N) is 3. The van der Waals surface area contributed by atoms with Crippen LogP contribution in [0.3, 0.4) is 0 Å². The number of oxime groups is 1.